The molecule has 1 rings (SSSR count). The molecular formula is C11H13F2NO3. The monoisotopic (exact) mass is 245 g/mol. The van der Waals surface area contributed by atoms with Gasteiger partial charge in [-0.2, -0.15) is 0 Å². The lowest BCUT2D eigenvalue weighted by Gasteiger charge is -2.19. The van der Waals surface area contributed by atoms with Gasteiger partial charge in [-0.25, -0.2) is 13.6 Å². The standard InChI is InChI=1S/C11H13F2NO3/c1-14(5-6-17-2)8-4-3-7(11(15)16)9(12)10(8)13/h3-4H,5-6H2,1-2H3,(H,15,16). The molecule has 0 saturated carbocycles. The third-order valence-electron chi connectivity index (χ3n) is 2.33. The second-order valence-electron chi connectivity index (χ2n) is 3.48. The number of halogens is 2. The van der Waals surface area contributed by atoms with Crippen LogP contribution in [-0.4, -0.2) is 38.4 Å². The molecule has 0 saturated heterocycles. The zero-order chi connectivity index (χ0) is 13.0. The Balaban J connectivity index is 3.03. The Morgan fingerprint density at radius 3 is 2.59 bits per heavy atom. The molecule has 0 heterocycles. The lowest BCUT2D eigenvalue weighted by molar-refractivity contribution is 0.0690. The van der Waals surface area contributed by atoms with Crippen molar-refractivity contribution in [2.75, 3.05) is 32.2 Å². The summed E-state index contributed by atoms with van der Waals surface area (Å²) < 4.78 is 31.8. The maximum atomic E-state index is 13.6. The normalized spacial score (nSPS) is 10.4. The number of carboxylic acids is 1. The Morgan fingerprint density at radius 2 is 2.06 bits per heavy atom. The molecule has 1 aromatic carbocycles. The maximum Gasteiger partial charge on any atom is 0.338 e. The van der Waals surface area contributed by atoms with Crippen molar-refractivity contribution in [3.05, 3.63) is 29.3 Å². The lowest BCUT2D eigenvalue weighted by Crippen LogP contribution is -2.23. The summed E-state index contributed by atoms with van der Waals surface area (Å²) in [4.78, 5) is 12.0. The van der Waals surface area contributed by atoms with Crippen molar-refractivity contribution >= 4 is 11.7 Å². The molecule has 0 amide bonds. The van der Waals surface area contributed by atoms with Crippen molar-refractivity contribution in [3.63, 3.8) is 0 Å². The van der Waals surface area contributed by atoms with Gasteiger partial charge in [0.2, 0.25) is 0 Å². The second kappa shape index (κ2) is 5.58. The first-order valence-electron chi connectivity index (χ1n) is 4.90. The van der Waals surface area contributed by atoms with Gasteiger partial charge in [0.25, 0.3) is 0 Å². The molecule has 0 aliphatic carbocycles. The number of anilines is 1. The summed E-state index contributed by atoms with van der Waals surface area (Å²) in [5, 5.41) is 8.62. The van der Waals surface area contributed by atoms with Crippen LogP contribution in [0, 0.1) is 11.6 Å². The van der Waals surface area contributed by atoms with Gasteiger partial charge in [-0.05, 0) is 12.1 Å². The number of benzene rings is 1. The van der Waals surface area contributed by atoms with E-state index in [1.165, 1.54) is 18.1 Å². The molecule has 0 fully saturated rings. The van der Waals surface area contributed by atoms with E-state index in [-0.39, 0.29) is 5.69 Å². The third kappa shape index (κ3) is 2.91. The number of carboxylic acid groups (broad SMARTS) is 1. The van der Waals surface area contributed by atoms with Crippen LogP contribution in [0.25, 0.3) is 0 Å². The molecular weight excluding hydrogens is 232 g/mol. The van der Waals surface area contributed by atoms with Crippen LogP contribution >= 0.6 is 0 Å². The molecule has 0 atom stereocenters. The summed E-state index contributed by atoms with van der Waals surface area (Å²) in [5.74, 6) is -4.00. The van der Waals surface area contributed by atoms with Gasteiger partial charge in [0, 0.05) is 20.7 Å². The summed E-state index contributed by atoms with van der Waals surface area (Å²) >= 11 is 0. The van der Waals surface area contributed by atoms with Gasteiger partial charge in [0.15, 0.2) is 11.6 Å². The second-order valence-corrected chi connectivity index (χ2v) is 3.48. The van der Waals surface area contributed by atoms with Gasteiger partial charge in [0.05, 0.1) is 17.9 Å². The molecule has 0 aliphatic rings. The van der Waals surface area contributed by atoms with Crippen molar-refractivity contribution < 1.29 is 23.4 Å². The number of aromatic carboxylic acids is 1. The highest BCUT2D eigenvalue weighted by molar-refractivity contribution is 5.88. The SMILES string of the molecule is COCCN(C)c1ccc(C(=O)O)c(F)c1F. The average molecular weight is 245 g/mol. The summed E-state index contributed by atoms with van der Waals surface area (Å²) in [5.41, 5.74) is -0.670. The van der Waals surface area contributed by atoms with Gasteiger partial charge in [-0.3, -0.25) is 0 Å². The number of methoxy groups -OCH3 is 1. The molecule has 0 radical (unpaired) electrons. The van der Waals surface area contributed by atoms with E-state index in [4.69, 9.17) is 9.84 Å². The lowest BCUT2D eigenvalue weighted by atomic mass is 10.1. The highest BCUT2D eigenvalue weighted by Gasteiger charge is 2.19. The Bertz CT molecular complexity index is 423. The zero-order valence-electron chi connectivity index (χ0n) is 9.54. The minimum atomic E-state index is -1.49. The smallest absolute Gasteiger partial charge is 0.338 e. The van der Waals surface area contributed by atoms with Crippen LogP contribution in [0.2, 0.25) is 0 Å². The van der Waals surface area contributed by atoms with E-state index in [1.807, 2.05) is 0 Å². The van der Waals surface area contributed by atoms with Gasteiger partial charge >= 0.3 is 5.97 Å². The highest BCUT2D eigenvalue weighted by atomic mass is 19.2. The predicted molar refractivity (Wildman–Crippen MR) is 58.5 cm³/mol. The molecule has 0 aromatic heterocycles. The molecule has 6 heteroatoms. The van der Waals surface area contributed by atoms with E-state index >= 15 is 0 Å². The molecule has 94 valence electrons. The quantitative estimate of drug-likeness (QED) is 0.858. The van der Waals surface area contributed by atoms with E-state index in [0.29, 0.717) is 13.2 Å². The molecule has 1 aromatic rings. The average Bonchev–Trinajstić information content (AvgIpc) is 2.29. The van der Waals surface area contributed by atoms with Crippen LogP contribution in [0.3, 0.4) is 0 Å². The summed E-state index contributed by atoms with van der Waals surface area (Å²) in [6, 6.07) is 2.27. The number of ether oxygens (including phenoxy) is 1. The molecule has 1 N–H and O–H groups in total. The molecule has 0 bridgehead atoms. The van der Waals surface area contributed by atoms with Gasteiger partial charge in [-0.15, -0.1) is 0 Å². The number of likely N-dealkylation sites (N-methyl/N-ethyl adjacent to an activating group) is 1. The minimum absolute atomic E-state index is 0.00421. The van der Waals surface area contributed by atoms with Crippen LogP contribution < -0.4 is 4.90 Å². The van der Waals surface area contributed by atoms with Crippen LogP contribution in [0.15, 0.2) is 12.1 Å². The van der Waals surface area contributed by atoms with Crippen molar-refractivity contribution in [2.45, 2.75) is 0 Å². The first-order chi connectivity index (χ1) is 7.99. The van der Waals surface area contributed by atoms with E-state index in [2.05, 4.69) is 0 Å². The van der Waals surface area contributed by atoms with Crippen molar-refractivity contribution in [1.82, 2.24) is 0 Å². The van der Waals surface area contributed by atoms with E-state index in [9.17, 15) is 13.6 Å². The fraction of sp³-hybridized carbons (Fsp3) is 0.364. The zero-order valence-corrected chi connectivity index (χ0v) is 9.54. The van der Waals surface area contributed by atoms with Crippen molar-refractivity contribution in [1.29, 1.82) is 0 Å². The first kappa shape index (κ1) is 13.4. The Labute approximate surface area is 97.4 Å². The van der Waals surface area contributed by atoms with Gasteiger partial charge in [0.1, 0.15) is 0 Å². The van der Waals surface area contributed by atoms with E-state index in [1.54, 1.807) is 7.05 Å². The fourth-order valence-electron chi connectivity index (χ4n) is 1.35. The Kier molecular flexibility index (Phi) is 4.39. The van der Waals surface area contributed by atoms with Crippen LogP contribution in [0.4, 0.5) is 14.5 Å². The van der Waals surface area contributed by atoms with Gasteiger partial charge < -0.3 is 14.7 Å². The summed E-state index contributed by atoms with van der Waals surface area (Å²) in [7, 11) is 3.07. The maximum absolute atomic E-state index is 13.6. The van der Waals surface area contributed by atoms with E-state index in [0.717, 1.165) is 6.07 Å². The summed E-state index contributed by atoms with van der Waals surface area (Å²) in [6.07, 6.45) is 0. The predicted octanol–water partition coefficient (Wildman–Crippen LogP) is 1.75. The molecule has 17 heavy (non-hydrogen) atoms. The van der Waals surface area contributed by atoms with Crippen LogP contribution in [0.5, 0.6) is 0 Å². The van der Waals surface area contributed by atoms with Crippen LogP contribution in [-0.2, 0) is 4.74 Å². The minimum Gasteiger partial charge on any atom is -0.478 e. The third-order valence-corrected chi connectivity index (χ3v) is 2.33. The summed E-state index contributed by atoms with van der Waals surface area (Å²) in [6.45, 7) is 0.734. The number of nitrogens with zero attached hydrogens (tertiary/aromatic N) is 1. The Morgan fingerprint density at radius 1 is 1.41 bits per heavy atom. The van der Waals surface area contributed by atoms with Crippen LogP contribution in [0.1, 0.15) is 10.4 Å². The molecule has 0 spiro atoms. The fourth-order valence-corrected chi connectivity index (χ4v) is 1.35. The molecule has 4 nitrogen and oxygen atoms in total. The van der Waals surface area contributed by atoms with E-state index < -0.39 is 23.2 Å². The highest BCUT2D eigenvalue weighted by Crippen LogP contribution is 2.23. The van der Waals surface area contributed by atoms with Gasteiger partial charge in [-0.1, -0.05) is 0 Å². The molecule has 0 aliphatic heterocycles. The Hall–Kier alpha value is -1.69. The number of carbonyl (C=O) groups is 1. The number of rotatable bonds is 5. The number of hydrogen-bond acceptors (Lipinski definition) is 3. The van der Waals surface area contributed by atoms with Crippen molar-refractivity contribution in [3.8, 4) is 0 Å². The number of hydrogen-bond donors (Lipinski definition) is 1. The topological polar surface area (TPSA) is 49.8 Å². The largest absolute Gasteiger partial charge is 0.478 e. The molecule has 0 unspecified atom stereocenters. The first-order valence-corrected chi connectivity index (χ1v) is 4.90. The van der Waals surface area contributed by atoms with Crippen molar-refractivity contribution in [2.24, 2.45) is 0 Å².